The molecule has 0 saturated carbocycles. The summed E-state index contributed by atoms with van der Waals surface area (Å²) in [6.45, 7) is 69.2. The van der Waals surface area contributed by atoms with Gasteiger partial charge in [0.25, 0.3) is 0 Å². The second-order valence-corrected chi connectivity index (χ2v) is 64.3. The summed E-state index contributed by atoms with van der Waals surface area (Å²) in [5.41, 5.74) is 17.3. The summed E-state index contributed by atoms with van der Waals surface area (Å²) in [6, 6.07) is 42.0. The Labute approximate surface area is 861 Å². The van der Waals surface area contributed by atoms with E-state index in [0.29, 0.717) is 80.6 Å². The molecule has 4 aromatic carbocycles. The van der Waals surface area contributed by atoms with Gasteiger partial charge in [-0.3, -0.25) is 0 Å². The second kappa shape index (κ2) is 54.4. The van der Waals surface area contributed by atoms with Crippen LogP contribution < -0.4 is 9.00 Å². The number of benzene rings is 4. The molecule has 0 amide bonds. The number of unbranched alkanes of at least 4 members (excludes halogenated alkanes) is 8. The van der Waals surface area contributed by atoms with Gasteiger partial charge in [-0.2, -0.15) is 0 Å². The standard InChI is InChI=1S/C126H196O2S6Si2/c1-29-45-53-91(37-9)61-99-69-100(62-92(38-10)54-46-30-2)74-107(73-99)125(127,108-75-101(63-93(39-11)55-47-31-3)70-102(76-108)64-94(40-12)56-48-32-4)119-121(115-81-111-113(129-115)83-117(131-111)135(85(17)18,86(19)20)87(21)22)133-124-120(122(134-123(119)124)116-82-112-114(130-116)84-118(132-112)136(88(23)24,89(25)26)90(27)28)126(128,109-77-103(65-95(41-13)57-49-33-5)71-104(78-109)66-96(42-14)58-50-34-6)110-79-105(67-97(43-15)59-51-35-7)72-106(80-110)68-98(44-16)60-52-36-8/h69-98,127-128H,29-68H2,1-28H3. The molecule has 6 heterocycles. The number of aliphatic hydroxyl groups is 2. The Kier molecular flexibility index (Phi) is 45.7. The maximum atomic E-state index is 17.3. The second-order valence-electron chi connectivity index (χ2n) is 45.5. The van der Waals surface area contributed by atoms with Gasteiger partial charge in [-0.25, -0.2) is 0 Å². The summed E-state index contributed by atoms with van der Waals surface area (Å²) >= 11 is 12.2. The third kappa shape index (κ3) is 26.9. The minimum atomic E-state index is -2.09. The molecule has 756 valence electrons. The van der Waals surface area contributed by atoms with Gasteiger partial charge in [0.15, 0.2) is 0 Å². The molecule has 0 radical (unpaired) electrons. The first kappa shape index (κ1) is 114. The van der Waals surface area contributed by atoms with E-state index in [4.69, 9.17) is 0 Å². The molecular weight excluding hydrogens is 1790 g/mol. The summed E-state index contributed by atoms with van der Waals surface area (Å²) in [5, 5.41) is 34.5. The van der Waals surface area contributed by atoms with E-state index >= 15 is 10.2 Å². The van der Waals surface area contributed by atoms with Crippen molar-refractivity contribution in [1.29, 1.82) is 0 Å². The zero-order valence-electron chi connectivity index (χ0n) is 91.9. The van der Waals surface area contributed by atoms with Gasteiger partial charge in [0.05, 0.1) is 19.2 Å². The number of fused-ring (bicyclic) bond motifs is 3. The molecule has 8 atom stereocenters. The summed E-state index contributed by atoms with van der Waals surface area (Å²) in [6.07, 6.45) is 45.8. The fourth-order valence-electron chi connectivity index (χ4n) is 25.9. The van der Waals surface area contributed by atoms with E-state index in [2.05, 4.69) is 314 Å². The highest BCUT2D eigenvalue weighted by Gasteiger charge is 2.51. The monoisotopic (exact) mass is 1990 g/mol. The van der Waals surface area contributed by atoms with E-state index < -0.39 is 27.3 Å². The van der Waals surface area contributed by atoms with Crippen LogP contribution in [0.5, 0.6) is 0 Å². The van der Waals surface area contributed by atoms with Gasteiger partial charge in [-0.05, 0) is 232 Å². The summed E-state index contributed by atoms with van der Waals surface area (Å²) in [5.74, 6) is 4.14. The molecule has 2 N–H and O–H groups in total. The fraction of sp³-hybridized carbons (Fsp3) is 0.667. The number of thiophene rings is 6. The predicted octanol–water partition coefficient (Wildman–Crippen LogP) is 41.3. The van der Waals surface area contributed by atoms with Crippen LogP contribution in [0.25, 0.3) is 47.7 Å². The molecule has 0 bridgehead atoms. The third-order valence-corrected chi connectivity index (χ3v) is 57.4. The third-order valence-electron chi connectivity index (χ3n) is 34.1. The van der Waals surface area contributed by atoms with Crippen molar-refractivity contribution in [3.8, 4) is 19.5 Å². The maximum Gasteiger partial charge on any atom is 0.143 e. The molecule has 2 nitrogen and oxygen atoms in total. The summed E-state index contributed by atoms with van der Waals surface area (Å²) in [7, 11) is -4.19. The zero-order chi connectivity index (χ0) is 98.9. The summed E-state index contributed by atoms with van der Waals surface area (Å²) in [4.78, 5) is 4.83. The van der Waals surface area contributed by atoms with Gasteiger partial charge in [-0.1, -0.05) is 472 Å². The van der Waals surface area contributed by atoms with E-state index in [1.54, 1.807) is 9.00 Å². The molecule has 10 heteroatoms. The minimum absolute atomic E-state index is 0.517. The van der Waals surface area contributed by atoms with Gasteiger partial charge in [0.1, 0.15) is 27.3 Å². The van der Waals surface area contributed by atoms with Crippen LogP contribution in [0.3, 0.4) is 0 Å². The molecule has 10 aromatic rings. The molecule has 8 unspecified atom stereocenters. The molecule has 0 saturated heterocycles. The van der Waals surface area contributed by atoms with E-state index in [-0.39, 0.29) is 0 Å². The van der Waals surface area contributed by atoms with Gasteiger partial charge >= 0.3 is 0 Å². The van der Waals surface area contributed by atoms with Crippen LogP contribution in [0.1, 0.15) is 477 Å². The van der Waals surface area contributed by atoms with Gasteiger partial charge in [0, 0.05) is 39.7 Å². The Hall–Kier alpha value is -3.79. The smallest absolute Gasteiger partial charge is 0.143 e. The average Bonchev–Trinajstić information content (AvgIpc) is 1.52. The number of rotatable bonds is 64. The Morgan fingerprint density at radius 3 is 0.559 bits per heavy atom. The van der Waals surface area contributed by atoms with E-state index in [9.17, 15) is 0 Å². The molecule has 6 aromatic heterocycles. The quantitative estimate of drug-likeness (QED) is 0.0373. The molecule has 0 aliphatic heterocycles. The molecule has 0 fully saturated rings. The first-order valence-corrected chi connectivity index (χ1v) is 66.3. The Balaban J connectivity index is 1.56. The highest BCUT2D eigenvalue weighted by Crippen LogP contribution is 2.62. The lowest BCUT2D eigenvalue weighted by molar-refractivity contribution is 0.127. The molecule has 0 spiro atoms. The van der Waals surface area contributed by atoms with E-state index in [1.165, 1.54) is 237 Å². The normalized spacial score (nSPS) is 15.4. The lowest BCUT2D eigenvalue weighted by Crippen LogP contribution is -2.54. The van der Waals surface area contributed by atoms with Crippen molar-refractivity contribution in [3.63, 3.8) is 0 Å². The average molecular weight is 1990 g/mol. The van der Waals surface area contributed by atoms with Crippen LogP contribution in [-0.4, -0.2) is 26.4 Å². The van der Waals surface area contributed by atoms with Crippen LogP contribution in [0.2, 0.25) is 33.2 Å². The Morgan fingerprint density at radius 1 is 0.228 bits per heavy atom. The Bertz CT molecular complexity index is 4470. The fourth-order valence-corrected chi connectivity index (χ4v) is 52.2. The molecule has 0 aliphatic rings. The van der Waals surface area contributed by atoms with Crippen molar-refractivity contribution in [2.75, 3.05) is 0 Å². The van der Waals surface area contributed by atoms with Crippen molar-refractivity contribution < 1.29 is 10.2 Å². The van der Waals surface area contributed by atoms with E-state index in [1.807, 2.05) is 45.3 Å². The van der Waals surface area contributed by atoms with Crippen molar-refractivity contribution in [2.45, 2.75) is 495 Å². The largest absolute Gasteiger partial charge is 0.376 e. The summed E-state index contributed by atoms with van der Waals surface area (Å²) < 4.78 is 11.1. The Morgan fingerprint density at radius 2 is 0.404 bits per heavy atom. The van der Waals surface area contributed by atoms with Crippen molar-refractivity contribution >= 4 is 121 Å². The molecular formula is C126H196O2S6Si2. The van der Waals surface area contributed by atoms with Crippen LogP contribution in [0.4, 0.5) is 0 Å². The van der Waals surface area contributed by atoms with E-state index in [0.717, 1.165) is 146 Å². The minimum Gasteiger partial charge on any atom is -0.376 e. The van der Waals surface area contributed by atoms with Crippen LogP contribution >= 0.6 is 68.0 Å². The highest BCUT2D eigenvalue weighted by atomic mass is 32.1. The van der Waals surface area contributed by atoms with Crippen molar-refractivity contribution in [2.24, 2.45) is 47.3 Å². The number of hydrogen-bond acceptors (Lipinski definition) is 8. The number of hydrogen-bond donors (Lipinski definition) is 2. The molecule has 10 rings (SSSR count). The van der Waals surface area contributed by atoms with Crippen LogP contribution in [0.15, 0.2) is 97.1 Å². The van der Waals surface area contributed by atoms with Gasteiger partial charge < -0.3 is 10.2 Å². The first-order valence-electron chi connectivity index (χ1n) is 57.0. The van der Waals surface area contributed by atoms with Crippen molar-refractivity contribution in [3.05, 3.63) is 175 Å². The maximum absolute atomic E-state index is 17.3. The zero-order valence-corrected chi connectivity index (χ0v) is 98.8. The van der Waals surface area contributed by atoms with Crippen molar-refractivity contribution in [1.82, 2.24) is 0 Å². The van der Waals surface area contributed by atoms with Crippen LogP contribution in [-0.2, 0) is 62.6 Å². The van der Waals surface area contributed by atoms with Gasteiger partial charge in [-0.15, -0.1) is 68.0 Å². The predicted molar refractivity (Wildman–Crippen MR) is 625 cm³/mol. The highest BCUT2D eigenvalue weighted by molar-refractivity contribution is 7.40. The van der Waals surface area contributed by atoms with Gasteiger partial charge in [0.2, 0.25) is 0 Å². The van der Waals surface area contributed by atoms with Crippen LogP contribution in [0, 0.1) is 47.3 Å². The lowest BCUT2D eigenvalue weighted by atomic mass is 9.74. The molecule has 0 aliphatic carbocycles. The molecule has 136 heavy (non-hydrogen) atoms. The first-order chi connectivity index (χ1) is 65.3. The topological polar surface area (TPSA) is 40.5 Å². The lowest BCUT2D eigenvalue weighted by Gasteiger charge is -2.42. The SMILES string of the molecule is CCCCC(CC)Cc1cc(CC(CC)CCCC)cc(C(O)(c2cc(CC(CC)CCCC)cc(CC(CC)CCCC)c2)c2c(-c3cc4sc([Si](C(C)C)(C(C)C)C(C)C)cc4s3)sc3c(C(O)(c4cc(CC(CC)CCCC)cc(CC(CC)CCCC)c4)c4cc(CC(CC)CCCC)cc(CC(CC)CCCC)c4)c(-c4cc5sc([Si](C(C)C)(C(C)C)C(C)C)cc5s4)sc23)c1.